The fourth-order valence-electron chi connectivity index (χ4n) is 2.25. The fraction of sp³-hybridized carbons (Fsp3) is 0.385. The van der Waals surface area contributed by atoms with Crippen LogP contribution in [0, 0.1) is 0 Å². The molecule has 2 heterocycles. The molecule has 0 aliphatic carbocycles. The normalized spacial score (nSPS) is 19.4. The van der Waals surface area contributed by atoms with Gasteiger partial charge in [0.1, 0.15) is 0 Å². The van der Waals surface area contributed by atoms with Crippen molar-refractivity contribution in [2.24, 2.45) is 0 Å². The van der Waals surface area contributed by atoms with E-state index in [1.807, 2.05) is 0 Å². The van der Waals surface area contributed by atoms with Crippen LogP contribution in [0.2, 0.25) is 0 Å². The summed E-state index contributed by atoms with van der Waals surface area (Å²) in [5.41, 5.74) is 1.58. The minimum absolute atomic E-state index is 0.0210. The Morgan fingerprint density at radius 1 is 1.44 bits per heavy atom. The van der Waals surface area contributed by atoms with Crippen molar-refractivity contribution in [3.8, 4) is 0 Å². The molecule has 2 aromatic rings. The van der Waals surface area contributed by atoms with Gasteiger partial charge in [0.25, 0.3) is 0 Å². The predicted molar refractivity (Wildman–Crippen MR) is 64.8 cm³/mol. The smallest absolute Gasteiger partial charge is 0.408 e. The Hall–Kier alpha value is -1.88. The van der Waals surface area contributed by atoms with Crippen LogP contribution in [0.15, 0.2) is 27.4 Å². The maximum absolute atomic E-state index is 12.0. The lowest BCUT2D eigenvalue weighted by molar-refractivity contribution is 0.0775. The topological polar surface area (TPSA) is 72.3 Å². The number of ether oxygens (including phenoxy) is 1. The van der Waals surface area contributed by atoms with Gasteiger partial charge in [-0.3, -0.25) is 9.78 Å². The predicted octanol–water partition coefficient (Wildman–Crippen LogP) is 1.87. The first kappa shape index (κ1) is 11.2. The van der Waals surface area contributed by atoms with Gasteiger partial charge in [-0.25, -0.2) is 4.79 Å². The average molecular weight is 247 g/mol. The standard InChI is InChI=1S/C13H13NO4/c15-11(7-9-2-1-5-17-9)8-3-4-10-12(6-8)18-13(16)14-10/h3-4,6,9H,1-2,5,7H2,(H,14,16). The lowest BCUT2D eigenvalue weighted by atomic mass is 10.0. The fourth-order valence-corrected chi connectivity index (χ4v) is 2.25. The molecule has 18 heavy (non-hydrogen) atoms. The number of aromatic amines is 1. The monoisotopic (exact) mass is 247 g/mol. The zero-order valence-corrected chi connectivity index (χ0v) is 9.77. The van der Waals surface area contributed by atoms with Crippen LogP contribution < -0.4 is 5.76 Å². The Balaban J connectivity index is 1.84. The van der Waals surface area contributed by atoms with E-state index < -0.39 is 5.76 Å². The van der Waals surface area contributed by atoms with Crippen LogP contribution in [-0.2, 0) is 4.74 Å². The van der Waals surface area contributed by atoms with Gasteiger partial charge in [-0.05, 0) is 31.0 Å². The maximum atomic E-state index is 12.0. The first-order valence-electron chi connectivity index (χ1n) is 6.00. The van der Waals surface area contributed by atoms with E-state index in [-0.39, 0.29) is 11.9 Å². The quantitative estimate of drug-likeness (QED) is 0.840. The van der Waals surface area contributed by atoms with Crippen LogP contribution in [0.25, 0.3) is 11.1 Å². The first-order valence-corrected chi connectivity index (χ1v) is 6.00. The summed E-state index contributed by atoms with van der Waals surface area (Å²) < 4.78 is 10.4. The van der Waals surface area contributed by atoms with Gasteiger partial charge >= 0.3 is 5.76 Å². The van der Waals surface area contributed by atoms with Crippen molar-refractivity contribution in [2.45, 2.75) is 25.4 Å². The second-order valence-corrected chi connectivity index (χ2v) is 4.49. The molecule has 0 saturated carbocycles. The number of ketones is 1. The molecule has 94 valence electrons. The second kappa shape index (κ2) is 4.42. The molecule has 1 aliphatic rings. The second-order valence-electron chi connectivity index (χ2n) is 4.49. The molecule has 5 heteroatoms. The van der Waals surface area contributed by atoms with Crippen LogP contribution in [0.3, 0.4) is 0 Å². The molecular formula is C13H13NO4. The van der Waals surface area contributed by atoms with Crippen molar-refractivity contribution in [2.75, 3.05) is 6.61 Å². The van der Waals surface area contributed by atoms with E-state index in [2.05, 4.69) is 4.98 Å². The van der Waals surface area contributed by atoms with Crippen molar-refractivity contribution in [1.82, 2.24) is 4.98 Å². The molecule has 5 nitrogen and oxygen atoms in total. The molecule has 1 N–H and O–H groups in total. The number of H-pyrrole nitrogens is 1. The van der Waals surface area contributed by atoms with Crippen molar-refractivity contribution < 1.29 is 13.9 Å². The van der Waals surface area contributed by atoms with Gasteiger partial charge in [0, 0.05) is 18.6 Å². The largest absolute Gasteiger partial charge is 0.417 e. The Bertz CT molecular complexity index is 634. The van der Waals surface area contributed by atoms with Crippen LogP contribution >= 0.6 is 0 Å². The SMILES string of the molecule is O=C(CC1CCCO1)c1ccc2[nH]c(=O)oc2c1. The Labute approximate surface area is 103 Å². The number of hydrogen-bond acceptors (Lipinski definition) is 4. The molecule has 1 atom stereocenters. The van der Waals surface area contributed by atoms with Gasteiger partial charge in [-0.15, -0.1) is 0 Å². The van der Waals surface area contributed by atoms with Gasteiger partial charge in [0.05, 0.1) is 11.6 Å². The summed E-state index contributed by atoms with van der Waals surface area (Å²) in [7, 11) is 0. The number of aromatic nitrogens is 1. The van der Waals surface area contributed by atoms with E-state index in [4.69, 9.17) is 9.15 Å². The number of carbonyl (C=O) groups excluding carboxylic acids is 1. The minimum Gasteiger partial charge on any atom is -0.408 e. The lowest BCUT2D eigenvalue weighted by Gasteiger charge is -2.07. The number of Topliss-reactive ketones (excluding diaryl/α,β-unsaturated/α-hetero) is 1. The number of benzene rings is 1. The molecule has 0 amide bonds. The minimum atomic E-state index is -0.506. The molecule has 1 aromatic carbocycles. The molecule has 1 saturated heterocycles. The van der Waals surface area contributed by atoms with Crippen molar-refractivity contribution in [3.63, 3.8) is 0 Å². The van der Waals surface area contributed by atoms with Crippen LogP contribution in [0.5, 0.6) is 0 Å². The van der Waals surface area contributed by atoms with Gasteiger partial charge < -0.3 is 9.15 Å². The first-order chi connectivity index (χ1) is 8.72. The molecule has 1 fully saturated rings. The summed E-state index contributed by atoms with van der Waals surface area (Å²) in [5.74, 6) is -0.485. The van der Waals surface area contributed by atoms with Crippen molar-refractivity contribution >= 4 is 16.9 Å². The van der Waals surface area contributed by atoms with E-state index in [1.54, 1.807) is 18.2 Å². The summed E-state index contributed by atoms with van der Waals surface area (Å²) >= 11 is 0. The summed E-state index contributed by atoms with van der Waals surface area (Å²) in [6.45, 7) is 0.740. The van der Waals surface area contributed by atoms with E-state index >= 15 is 0 Å². The van der Waals surface area contributed by atoms with Crippen LogP contribution in [0.4, 0.5) is 0 Å². The van der Waals surface area contributed by atoms with Crippen molar-refractivity contribution in [3.05, 3.63) is 34.3 Å². The molecule has 1 unspecified atom stereocenters. The molecule has 0 radical (unpaired) electrons. The van der Waals surface area contributed by atoms with Gasteiger partial charge in [0.2, 0.25) is 0 Å². The highest BCUT2D eigenvalue weighted by Gasteiger charge is 2.20. The summed E-state index contributed by atoms with van der Waals surface area (Å²) in [5, 5.41) is 0. The van der Waals surface area contributed by atoms with E-state index in [9.17, 15) is 9.59 Å². The zero-order valence-electron chi connectivity index (χ0n) is 9.77. The molecule has 1 aromatic heterocycles. The van der Waals surface area contributed by atoms with Crippen molar-refractivity contribution in [1.29, 1.82) is 0 Å². The summed E-state index contributed by atoms with van der Waals surface area (Å²) in [4.78, 5) is 25.6. The number of hydrogen-bond donors (Lipinski definition) is 1. The highest BCUT2D eigenvalue weighted by molar-refractivity contribution is 5.98. The highest BCUT2D eigenvalue weighted by atomic mass is 16.5. The third-order valence-electron chi connectivity index (χ3n) is 3.18. The van der Waals surface area contributed by atoms with Gasteiger partial charge in [-0.1, -0.05) is 0 Å². The molecular weight excluding hydrogens is 234 g/mol. The number of nitrogens with one attached hydrogen (secondary N) is 1. The highest BCUT2D eigenvalue weighted by Crippen LogP contribution is 2.19. The van der Waals surface area contributed by atoms with Gasteiger partial charge in [-0.2, -0.15) is 0 Å². The third kappa shape index (κ3) is 2.09. The Morgan fingerprint density at radius 2 is 2.33 bits per heavy atom. The molecule has 3 rings (SSSR count). The van der Waals surface area contributed by atoms with Crippen LogP contribution in [0.1, 0.15) is 29.6 Å². The van der Waals surface area contributed by atoms with E-state index in [1.165, 1.54) is 0 Å². The maximum Gasteiger partial charge on any atom is 0.417 e. The third-order valence-corrected chi connectivity index (χ3v) is 3.18. The summed E-state index contributed by atoms with van der Waals surface area (Å²) in [6.07, 6.45) is 2.38. The molecule has 0 bridgehead atoms. The van der Waals surface area contributed by atoms with Gasteiger partial charge in [0.15, 0.2) is 11.4 Å². The Kier molecular flexibility index (Phi) is 2.76. The zero-order chi connectivity index (χ0) is 12.5. The number of carbonyl (C=O) groups is 1. The average Bonchev–Trinajstić information content (AvgIpc) is 2.95. The molecule has 1 aliphatic heterocycles. The number of fused-ring (bicyclic) bond motifs is 1. The Morgan fingerprint density at radius 3 is 3.11 bits per heavy atom. The van der Waals surface area contributed by atoms with E-state index in [0.717, 1.165) is 19.4 Å². The number of rotatable bonds is 3. The lowest BCUT2D eigenvalue weighted by Crippen LogP contribution is -2.12. The van der Waals surface area contributed by atoms with E-state index in [0.29, 0.717) is 23.1 Å². The summed E-state index contributed by atoms with van der Waals surface area (Å²) in [6, 6.07) is 4.98. The number of oxazole rings is 1. The van der Waals surface area contributed by atoms with Crippen LogP contribution in [-0.4, -0.2) is 23.5 Å². The molecule has 0 spiro atoms.